The van der Waals surface area contributed by atoms with Crippen LogP contribution in [0.15, 0.2) is 41.8 Å². The molecule has 1 saturated heterocycles. The molecule has 0 bridgehead atoms. The first kappa shape index (κ1) is 18.2. The van der Waals surface area contributed by atoms with Gasteiger partial charge in [0.05, 0.1) is 31.1 Å². The average Bonchev–Trinajstić information content (AvgIpc) is 3.30. The molecule has 2 aromatic rings. The number of benzene rings is 1. The molecule has 0 unspecified atom stereocenters. The summed E-state index contributed by atoms with van der Waals surface area (Å²) in [4.78, 5) is 3.10. The Morgan fingerprint density at radius 2 is 1.92 bits per heavy atom. The quantitative estimate of drug-likeness (QED) is 0.678. The fourth-order valence-electron chi connectivity index (χ4n) is 3.54. The van der Waals surface area contributed by atoms with E-state index >= 15 is 0 Å². The molecule has 1 fully saturated rings. The molecule has 0 spiro atoms. The predicted octanol–water partition coefficient (Wildman–Crippen LogP) is 2.85. The van der Waals surface area contributed by atoms with Crippen molar-refractivity contribution in [3.63, 3.8) is 0 Å². The van der Waals surface area contributed by atoms with Gasteiger partial charge in [-0.15, -0.1) is 11.3 Å². The zero-order chi connectivity index (χ0) is 17.6. The summed E-state index contributed by atoms with van der Waals surface area (Å²) in [6.45, 7) is 4.72. The molecule has 2 heterocycles. The number of rotatable bonds is 6. The first-order valence-electron chi connectivity index (χ1n) is 8.77. The molecule has 0 saturated carbocycles. The number of thiocarbonyl (C=S) groups is 1. The topological polar surface area (TPSA) is 37.7 Å². The molecule has 134 valence electrons. The van der Waals surface area contributed by atoms with Crippen LogP contribution >= 0.6 is 23.6 Å². The Morgan fingerprint density at radius 1 is 1.20 bits per heavy atom. The minimum atomic E-state index is 0.269. The van der Waals surface area contributed by atoms with Crippen molar-refractivity contribution in [2.24, 2.45) is 0 Å². The van der Waals surface area contributed by atoms with E-state index in [9.17, 15) is 0 Å². The normalized spacial score (nSPS) is 17.0. The van der Waals surface area contributed by atoms with Crippen LogP contribution in [0.25, 0.3) is 0 Å². The summed E-state index contributed by atoms with van der Waals surface area (Å²) < 4.78 is 5.19. The Hall–Kier alpha value is -1.63. The lowest BCUT2D eigenvalue weighted by Gasteiger charge is -2.30. The van der Waals surface area contributed by atoms with Crippen molar-refractivity contribution in [1.82, 2.24) is 5.32 Å². The number of likely N-dealkylation sites (tertiary alicyclic amines) is 1. The Kier molecular flexibility index (Phi) is 6.29. The summed E-state index contributed by atoms with van der Waals surface area (Å²) in [5.74, 6) is 0.841. The summed E-state index contributed by atoms with van der Waals surface area (Å²) in [7, 11) is 1.67. The lowest BCUT2D eigenvalue weighted by Crippen LogP contribution is -3.11. The van der Waals surface area contributed by atoms with Crippen LogP contribution in [0.3, 0.4) is 0 Å². The Balaban J connectivity index is 1.63. The maximum Gasteiger partial charge on any atom is 0.171 e. The van der Waals surface area contributed by atoms with E-state index in [0.717, 1.165) is 11.4 Å². The smallest absolute Gasteiger partial charge is 0.171 e. The van der Waals surface area contributed by atoms with Gasteiger partial charge >= 0.3 is 0 Å². The van der Waals surface area contributed by atoms with Gasteiger partial charge in [-0.2, -0.15) is 0 Å². The van der Waals surface area contributed by atoms with E-state index in [2.05, 4.69) is 35.1 Å². The zero-order valence-corrected chi connectivity index (χ0v) is 16.4. The first-order valence-corrected chi connectivity index (χ1v) is 10.1. The first-order chi connectivity index (χ1) is 12.2. The van der Waals surface area contributed by atoms with Gasteiger partial charge in [0, 0.05) is 18.5 Å². The van der Waals surface area contributed by atoms with E-state index in [1.165, 1.54) is 30.8 Å². The fourth-order valence-corrected chi connectivity index (χ4v) is 4.83. The number of methoxy groups -OCH3 is 1. The maximum atomic E-state index is 5.54. The van der Waals surface area contributed by atoms with E-state index in [-0.39, 0.29) is 6.04 Å². The van der Waals surface area contributed by atoms with Crippen molar-refractivity contribution in [2.75, 3.05) is 25.5 Å². The molecule has 1 aliphatic heterocycles. The fraction of sp³-hybridized carbons (Fsp3) is 0.421. The van der Waals surface area contributed by atoms with Crippen molar-refractivity contribution in [1.29, 1.82) is 0 Å². The minimum absolute atomic E-state index is 0.269. The molecule has 3 rings (SSSR count). The van der Waals surface area contributed by atoms with E-state index < -0.39 is 0 Å². The van der Waals surface area contributed by atoms with E-state index in [0.29, 0.717) is 11.2 Å². The predicted molar refractivity (Wildman–Crippen MR) is 109 cm³/mol. The van der Waals surface area contributed by atoms with Crippen LogP contribution < -0.4 is 20.3 Å². The average molecular weight is 377 g/mol. The van der Waals surface area contributed by atoms with Crippen molar-refractivity contribution >= 4 is 34.4 Å². The highest BCUT2D eigenvalue weighted by Crippen LogP contribution is 2.21. The summed E-state index contributed by atoms with van der Waals surface area (Å²) >= 11 is 7.38. The summed E-state index contributed by atoms with van der Waals surface area (Å²) in [6.07, 6.45) is 2.64. The number of quaternary nitrogens is 1. The second-order valence-corrected chi connectivity index (χ2v) is 7.86. The lowest BCUT2D eigenvalue weighted by molar-refractivity contribution is -0.920. The maximum absolute atomic E-state index is 5.54. The molecule has 2 atom stereocenters. The Bertz CT molecular complexity index is 666. The minimum Gasteiger partial charge on any atom is -0.497 e. The van der Waals surface area contributed by atoms with Crippen LogP contribution in [0.2, 0.25) is 0 Å². The number of nitrogens with one attached hydrogen (secondary N) is 3. The van der Waals surface area contributed by atoms with Crippen LogP contribution in [-0.2, 0) is 0 Å². The standard InChI is InChI=1S/C19H25N3OS2/c1-14(18(17-6-5-13-25-17)22-11-3-4-12-22)20-19(24)21-15-7-9-16(23-2)10-8-15/h5-10,13-14,18H,3-4,11-12H2,1-2H3,(H2,20,21,24)/p+1/t14-,18+/m0/s1. The summed E-state index contributed by atoms with van der Waals surface area (Å²) in [5.41, 5.74) is 0.965. The van der Waals surface area contributed by atoms with Crippen molar-refractivity contribution < 1.29 is 9.64 Å². The van der Waals surface area contributed by atoms with Gasteiger partial charge in [-0.05, 0) is 54.9 Å². The number of anilines is 1. The van der Waals surface area contributed by atoms with Crippen molar-refractivity contribution in [3.8, 4) is 5.75 Å². The number of ether oxygens (including phenoxy) is 1. The molecule has 0 amide bonds. The van der Waals surface area contributed by atoms with Gasteiger partial charge in [0.2, 0.25) is 0 Å². The third-order valence-electron chi connectivity index (χ3n) is 4.74. The molecule has 4 nitrogen and oxygen atoms in total. The monoisotopic (exact) mass is 376 g/mol. The van der Waals surface area contributed by atoms with Crippen LogP contribution in [0.4, 0.5) is 5.69 Å². The van der Waals surface area contributed by atoms with Crippen molar-refractivity contribution in [2.45, 2.75) is 31.8 Å². The van der Waals surface area contributed by atoms with Crippen LogP contribution in [-0.4, -0.2) is 31.4 Å². The number of hydrogen-bond donors (Lipinski definition) is 3. The van der Waals surface area contributed by atoms with Gasteiger partial charge in [-0.3, -0.25) is 0 Å². The molecule has 25 heavy (non-hydrogen) atoms. The highest BCUT2D eigenvalue weighted by Gasteiger charge is 2.33. The SMILES string of the molecule is COc1ccc(NC(=S)N[C@@H](C)[C@H](c2cccs2)[NH+]2CCCC2)cc1. The highest BCUT2D eigenvalue weighted by molar-refractivity contribution is 7.80. The molecule has 6 heteroatoms. The molecule has 3 N–H and O–H groups in total. The van der Waals surface area contributed by atoms with E-state index in [1.54, 1.807) is 12.0 Å². The number of thiophene rings is 1. The molecule has 1 aliphatic rings. The van der Waals surface area contributed by atoms with Gasteiger partial charge in [-0.25, -0.2) is 0 Å². The lowest BCUT2D eigenvalue weighted by atomic mass is 10.1. The molecule has 1 aromatic carbocycles. The Labute approximate surface area is 159 Å². The van der Waals surface area contributed by atoms with E-state index in [4.69, 9.17) is 17.0 Å². The molecular formula is C19H26N3OS2+. The molecular weight excluding hydrogens is 350 g/mol. The van der Waals surface area contributed by atoms with E-state index in [1.807, 2.05) is 35.6 Å². The third kappa shape index (κ3) is 4.71. The molecule has 0 aliphatic carbocycles. The van der Waals surface area contributed by atoms with Gasteiger partial charge < -0.3 is 20.3 Å². The Morgan fingerprint density at radius 3 is 2.52 bits per heavy atom. The van der Waals surface area contributed by atoms with Gasteiger partial charge in [0.1, 0.15) is 11.8 Å². The summed E-state index contributed by atoms with van der Waals surface area (Å²) in [6, 6.07) is 12.9. The second-order valence-electron chi connectivity index (χ2n) is 6.47. The third-order valence-corrected chi connectivity index (χ3v) is 5.92. The van der Waals surface area contributed by atoms with Gasteiger partial charge in [0.15, 0.2) is 5.11 Å². The van der Waals surface area contributed by atoms with Gasteiger partial charge in [-0.1, -0.05) is 6.07 Å². The van der Waals surface area contributed by atoms with Crippen LogP contribution in [0, 0.1) is 0 Å². The highest BCUT2D eigenvalue weighted by atomic mass is 32.1. The van der Waals surface area contributed by atoms with Gasteiger partial charge in [0.25, 0.3) is 0 Å². The largest absolute Gasteiger partial charge is 0.497 e. The second kappa shape index (κ2) is 8.65. The van der Waals surface area contributed by atoms with Crippen LogP contribution in [0.5, 0.6) is 5.75 Å². The summed E-state index contributed by atoms with van der Waals surface area (Å²) in [5, 5.41) is 9.60. The number of hydrogen-bond acceptors (Lipinski definition) is 3. The molecule has 0 radical (unpaired) electrons. The molecule has 1 aromatic heterocycles. The zero-order valence-electron chi connectivity index (χ0n) is 14.7. The van der Waals surface area contributed by atoms with Crippen molar-refractivity contribution in [3.05, 3.63) is 46.7 Å². The van der Waals surface area contributed by atoms with Crippen LogP contribution in [0.1, 0.15) is 30.7 Å².